The Morgan fingerprint density at radius 2 is 1.76 bits per heavy atom. The topological polar surface area (TPSA) is 61.4 Å². The Bertz CT molecular complexity index is 761. The summed E-state index contributed by atoms with van der Waals surface area (Å²) in [6.07, 6.45) is 1.59. The van der Waals surface area contributed by atoms with Crippen LogP contribution in [0, 0.1) is 5.92 Å². The molecule has 5 heteroatoms. The van der Waals surface area contributed by atoms with E-state index >= 15 is 0 Å². The van der Waals surface area contributed by atoms with E-state index in [-0.39, 0.29) is 23.8 Å². The summed E-state index contributed by atoms with van der Waals surface area (Å²) in [5.74, 6) is 0.164. The molecule has 0 saturated carbocycles. The molecule has 0 spiro atoms. The molecule has 132 valence electrons. The van der Waals surface area contributed by atoms with Crippen molar-refractivity contribution in [2.75, 3.05) is 25.5 Å². The average Bonchev–Trinajstić information content (AvgIpc) is 2.67. The molecule has 1 saturated heterocycles. The van der Waals surface area contributed by atoms with Gasteiger partial charge in [-0.2, -0.15) is 0 Å². The average molecular weight is 339 g/mol. The number of hydrogen-bond donors (Lipinski definition) is 2. The lowest BCUT2D eigenvalue weighted by atomic mass is 9.95. The Labute approximate surface area is 148 Å². The Morgan fingerprint density at radius 1 is 1.08 bits per heavy atom. The van der Waals surface area contributed by atoms with E-state index in [1.165, 1.54) is 0 Å². The SMILES string of the molecule is CNC(=O)C1CCN([C@H](C)C(=O)Nc2cccc3ccccc23)CC1. The van der Waals surface area contributed by atoms with Gasteiger partial charge in [0.2, 0.25) is 11.8 Å². The molecule has 0 radical (unpaired) electrons. The van der Waals surface area contributed by atoms with Crippen LogP contribution in [0.3, 0.4) is 0 Å². The second-order valence-electron chi connectivity index (χ2n) is 6.62. The molecule has 5 nitrogen and oxygen atoms in total. The van der Waals surface area contributed by atoms with E-state index in [0.717, 1.165) is 42.4 Å². The van der Waals surface area contributed by atoms with Crippen LogP contribution in [0.25, 0.3) is 10.8 Å². The van der Waals surface area contributed by atoms with Crippen molar-refractivity contribution in [3.05, 3.63) is 42.5 Å². The minimum atomic E-state index is -0.218. The summed E-state index contributed by atoms with van der Waals surface area (Å²) >= 11 is 0. The van der Waals surface area contributed by atoms with Crippen molar-refractivity contribution >= 4 is 28.3 Å². The smallest absolute Gasteiger partial charge is 0.241 e. The minimum absolute atomic E-state index is 0.00486. The van der Waals surface area contributed by atoms with Crippen LogP contribution in [0.5, 0.6) is 0 Å². The number of anilines is 1. The van der Waals surface area contributed by atoms with E-state index in [2.05, 4.69) is 15.5 Å². The lowest BCUT2D eigenvalue weighted by molar-refractivity contribution is -0.126. The van der Waals surface area contributed by atoms with Gasteiger partial charge in [-0.15, -0.1) is 0 Å². The molecule has 0 aromatic heterocycles. The molecule has 0 aliphatic carbocycles. The molecule has 0 bridgehead atoms. The van der Waals surface area contributed by atoms with Crippen molar-refractivity contribution < 1.29 is 9.59 Å². The molecule has 1 aliphatic heterocycles. The summed E-state index contributed by atoms with van der Waals surface area (Å²) in [6.45, 7) is 3.46. The number of piperidine rings is 1. The monoisotopic (exact) mass is 339 g/mol. The first-order valence-electron chi connectivity index (χ1n) is 8.84. The molecule has 2 aromatic carbocycles. The number of nitrogens with one attached hydrogen (secondary N) is 2. The highest BCUT2D eigenvalue weighted by molar-refractivity contribution is 6.03. The second kappa shape index (κ2) is 7.66. The van der Waals surface area contributed by atoms with Gasteiger partial charge in [0.05, 0.1) is 6.04 Å². The van der Waals surface area contributed by atoms with E-state index in [9.17, 15) is 9.59 Å². The lowest BCUT2D eigenvalue weighted by Crippen LogP contribution is -2.47. The summed E-state index contributed by atoms with van der Waals surface area (Å²) < 4.78 is 0. The number of rotatable bonds is 4. The minimum Gasteiger partial charge on any atom is -0.359 e. The summed E-state index contributed by atoms with van der Waals surface area (Å²) in [7, 11) is 1.68. The van der Waals surface area contributed by atoms with Gasteiger partial charge in [-0.05, 0) is 44.3 Å². The summed E-state index contributed by atoms with van der Waals surface area (Å²) in [5.41, 5.74) is 0.843. The third-order valence-corrected chi connectivity index (χ3v) is 5.12. The van der Waals surface area contributed by atoms with Crippen molar-refractivity contribution in [3.8, 4) is 0 Å². The maximum Gasteiger partial charge on any atom is 0.241 e. The predicted molar refractivity (Wildman–Crippen MR) is 100 cm³/mol. The van der Waals surface area contributed by atoms with Crippen molar-refractivity contribution in [2.24, 2.45) is 5.92 Å². The van der Waals surface area contributed by atoms with Crippen LogP contribution < -0.4 is 10.6 Å². The standard InChI is InChI=1S/C20H25N3O2/c1-14(23-12-10-16(11-13-23)20(25)21-2)19(24)22-18-9-5-7-15-6-3-4-8-17(15)18/h3-9,14,16H,10-13H2,1-2H3,(H,21,25)(H,22,24)/t14-/m1/s1. The fraction of sp³-hybridized carbons (Fsp3) is 0.400. The second-order valence-corrected chi connectivity index (χ2v) is 6.62. The van der Waals surface area contributed by atoms with Gasteiger partial charge in [0.1, 0.15) is 0 Å². The Balaban J connectivity index is 1.64. The first-order valence-corrected chi connectivity index (χ1v) is 8.84. The van der Waals surface area contributed by atoms with Crippen LogP contribution in [-0.2, 0) is 9.59 Å². The first-order chi connectivity index (χ1) is 12.1. The van der Waals surface area contributed by atoms with Crippen LogP contribution in [-0.4, -0.2) is 42.9 Å². The molecule has 1 heterocycles. The van der Waals surface area contributed by atoms with E-state index in [1.54, 1.807) is 7.05 Å². The van der Waals surface area contributed by atoms with Crippen LogP contribution in [0.1, 0.15) is 19.8 Å². The number of benzene rings is 2. The molecule has 25 heavy (non-hydrogen) atoms. The highest BCUT2D eigenvalue weighted by atomic mass is 16.2. The van der Waals surface area contributed by atoms with Crippen molar-refractivity contribution in [1.82, 2.24) is 10.2 Å². The van der Waals surface area contributed by atoms with Crippen molar-refractivity contribution in [2.45, 2.75) is 25.8 Å². The summed E-state index contributed by atoms with van der Waals surface area (Å²) in [5, 5.41) is 7.94. The van der Waals surface area contributed by atoms with Gasteiger partial charge in [-0.1, -0.05) is 36.4 Å². The van der Waals surface area contributed by atoms with Crippen molar-refractivity contribution in [3.63, 3.8) is 0 Å². The molecule has 3 rings (SSSR count). The number of carbonyl (C=O) groups is 2. The van der Waals surface area contributed by atoms with Gasteiger partial charge in [-0.3, -0.25) is 14.5 Å². The zero-order valence-electron chi connectivity index (χ0n) is 14.8. The van der Waals surface area contributed by atoms with E-state index in [4.69, 9.17) is 0 Å². The fourth-order valence-corrected chi connectivity index (χ4v) is 3.49. The zero-order valence-corrected chi connectivity index (χ0v) is 14.8. The Morgan fingerprint density at radius 3 is 2.48 bits per heavy atom. The number of nitrogens with zero attached hydrogens (tertiary/aromatic N) is 1. The maximum absolute atomic E-state index is 12.7. The van der Waals surface area contributed by atoms with Gasteiger partial charge in [-0.25, -0.2) is 0 Å². The number of carbonyl (C=O) groups excluding carboxylic acids is 2. The van der Waals surface area contributed by atoms with E-state index in [1.807, 2.05) is 49.4 Å². The van der Waals surface area contributed by atoms with Gasteiger partial charge in [0.25, 0.3) is 0 Å². The summed E-state index contributed by atoms with van der Waals surface area (Å²) in [6, 6.07) is 13.7. The Hall–Kier alpha value is -2.40. The van der Waals surface area contributed by atoms with E-state index < -0.39 is 0 Å². The highest BCUT2D eigenvalue weighted by Gasteiger charge is 2.29. The molecular weight excluding hydrogens is 314 g/mol. The van der Waals surface area contributed by atoms with Gasteiger partial charge < -0.3 is 10.6 Å². The first kappa shape index (κ1) is 17.4. The highest BCUT2D eigenvalue weighted by Crippen LogP contribution is 2.24. The zero-order chi connectivity index (χ0) is 17.8. The molecule has 0 unspecified atom stereocenters. The van der Waals surface area contributed by atoms with Crippen LogP contribution in [0.2, 0.25) is 0 Å². The van der Waals surface area contributed by atoms with Gasteiger partial charge in [0, 0.05) is 24.0 Å². The van der Waals surface area contributed by atoms with Crippen molar-refractivity contribution in [1.29, 1.82) is 0 Å². The number of fused-ring (bicyclic) bond motifs is 1. The van der Waals surface area contributed by atoms with Gasteiger partial charge in [0.15, 0.2) is 0 Å². The summed E-state index contributed by atoms with van der Waals surface area (Å²) in [4.78, 5) is 26.6. The number of likely N-dealkylation sites (tertiary alicyclic amines) is 1. The maximum atomic E-state index is 12.7. The van der Waals surface area contributed by atoms with Crippen LogP contribution in [0.15, 0.2) is 42.5 Å². The molecule has 2 N–H and O–H groups in total. The van der Waals surface area contributed by atoms with Crippen LogP contribution >= 0.6 is 0 Å². The molecule has 1 fully saturated rings. The lowest BCUT2D eigenvalue weighted by Gasteiger charge is -2.34. The normalized spacial score (nSPS) is 17.2. The van der Waals surface area contributed by atoms with Crippen LogP contribution in [0.4, 0.5) is 5.69 Å². The Kier molecular flexibility index (Phi) is 5.34. The van der Waals surface area contributed by atoms with E-state index in [0.29, 0.717) is 0 Å². The molecular formula is C20H25N3O2. The quantitative estimate of drug-likeness (QED) is 0.900. The third kappa shape index (κ3) is 3.82. The molecule has 2 aromatic rings. The third-order valence-electron chi connectivity index (χ3n) is 5.12. The molecule has 1 atom stereocenters. The molecule has 2 amide bonds. The van der Waals surface area contributed by atoms with Gasteiger partial charge >= 0.3 is 0 Å². The number of amides is 2. The fourth-order valence-electron chi connectivity index (χ4n) is 3.49. The number of hydrogen-bond acceptors (Lipinski definition) is 3. The largest absolute Gasteiger partial charge is 0.359 e. The predicted octanol–water partition coefficient (Wildman–Crippen LogP) is 2.62. The molecule has 1 aliphatic rings.